The average molecular weight is 340 g/mol. The van der Waals surface area contributed by atoms with E-state index in [0.29, 0.717) is 17.3 Å². The van der Waals surface area contributed by atoms with Crippen molar-refractivity contribution in [2.24, 2.45) is 0 Å². The van der Waals surface area contributed by atoms with Gasteiger partial charge in [0.15, 0.2) is 0 Å². The molecule has 1 heterocycles. The Morgan fingerprint density at radius 2 is 1.75 bits per heavy atom. The van der Waals surface area contributed by atoms with Gasteiger partial charge in [0.05, 0.1) is 4.88 Å². The molecule has 1 aromatic carbocycles. The number of fused-ring (bicyclic) bond motifs is 1. The van der Waals surface area contributed by atoms with Gasteiger partial charge in [-0.3, -0.25) is 9.59 Å². The monoisotopic (exact) mass is 340 g/mol. The zero-order chi connectivity index (χ0) is 16.5. The Kier molecular flexibility index (Phi) is 4.10. The molecule has 2 aliphatic rings. The highest BCUT2D eigenvalue weighted by atomic mass is 32.1. The van der Waals surface area contributed by atoms with Crippen LogP contribution < -0.4 is 10.6 Å². The Bertz CT molecular complexity index is 752. The molecule has 2 aromatic rings. The molecule has 2 amide bonds. The van der Waals surface area contributed by atoms with E-state index in [1.54, 1.807) is 35.6 Å². The van der Waals surface area contributed by atoms with Crippen molar-refractivity contribution in [3.8, 4) is 0 Å². The van der Waals surface area contributed by atoms with E-state index in [2.05, 4.69) is 10.6 Å². The number of thiophene rings is 1. The van der Waals surface area contributed by atoms with Crippen molar-refractivity contribution in [3.05, 3.63) is 51.2 Å². The van der Waals surface area contributed by atoms with Crippen LogP contribution in [0.5, 0.6) is 0 Å². The van der Waals surface area contributed by atoms with Gasteiger partial charge in [0, 0.05) is 22.2 Å². The fourth-order valence-electron chi connectivity index (χ4n) is 3.00. The Balaban J connectivity index is 1.41. The van der Waals surface area contributed by atoms with Gasteiger partial charge in [-0.1, -0.05) is 0 Å². The van der Waals surface area contributed by atoms with Crippen LogP contribution in [0.4, 0.5) is 5.69 Å². The van der Waals surface area contributed by atoms with Crippen LogP contribution in [0.15, 0.2) is 30.3 Å². The number of benzene rings is 1. The largest absolute Gasteiger partial charge is 0.349 e. The lowest BCUT2D eigenvalue weighted by molar-refractivity contribution is 0.0950. The van der Waals surface area contributed by atoms with Crippen LogP contribution in [0.2, 0.25) is 0 Å². The SMILES string of the molecule is O=C(NC1CC1)c1ccc(NC(=O)c2cc3c(s2)CCCC3)cc1. The molecule has 0 radical (unpaired) electrons. The van der Waals surface area contributed by atoms with Gasteiger partial charge in [0.2, 0.25) is 0 Å². The average Bonchev–Trinajstić information content (AvgIpc) is 3.29. The zero-order valence-corrected chi connectivity index (χ0v) is 14.2. The number of nitrogens with one attached hydrogen (secondary N) is 2. The van der Waals surface area contributed by atoms with Crippen LogP contribution in [0.3, 0.4) is 0 Å². The summed E-state index contributed by atoms with van der Waals surface area (Å²) in [5.41, 5.74) is 2.68. The van der Waals surface area contributed by atoms with Gasteiger partial charge < -0.3 is 10.6 Å². The molecule has 0 spiro atoms. The van der Waals surface area contributed by atoms with E-state index in [-0.39, 0.29) is 11.8 Å². The minimum Gasteiger partial charge on any atom is -0.349 e. The summed E-state index contributed by atoms with van der Waals surface area (Å²) in [6, 6.07) is 9.47. The van der Waals surface area contributed by atoms with E-state index in [4.69, 9.17) is 0 Å². The molecule has 0 atom stereocenters. The summed E-state index contributed by atoms with van der Waals surface area (Å²) in [5, 5.41) is 5.89. The smallest absolute Gasteiger partial charge is 0.265 e. The summed E-state index contributed by atoms with van der Waals surface area (Å²) in [5.74, 6) is -0.106. The van der Waals surface area contributed by atoms with E-state index in [0.717, 1.165) is 30.6 Å². The second kappa shape index (κ2) is 6.40. The fraction of sp³-hybridized carbons (Fsp3) is 0.368. The van der Waals surface area contributed by atoms with Gasteiger partial charge in [0.1, 0.15) is 0 Å². The summed E-state index contributed by atoms with van der Waals surface area (Å²) < 4.78 is 0. The maximum Gasteiger partial charge on any atom is 0.265 e. The molecule has 2 aliphatic carbocycles. The predicted molar refractivity (Wildman–Crippen MR) is 95.8 cm³/mol. The molecular formula is C19H20N2O2S. The maximum atomic E-state index is 12.4. The molecule has 4 nitrogen and oxygen atoms in total. The minimum atomic E-state index is -0.0652. The molecule has 0 unspecified atom stereocenters. The molecule has 1 fully saturated rings. The number of anilines is 1. The van der Waals surface area contributed by atoms with E-state index < -0.39 is 0 Å². The van der Waals surface area contributed by atoms with Crippen molar-refractivity contribution in [2.45, 2.75) is 44.6 Å². The van der Waals surface area contributed by atoms with Crippen LogP contribution in [0.1, 0.15) is 56.2 Å². The Morgan fingerprint density at radius 3 is 2.46 bits per heavy atom. The summed E-state index contributed by atoms with van der Waals surface area (Å²) in [6.45, 7) is 0. The second-order valence-corrected chi connectivity index (χ2v) is 7.68. The first kappa shape index (κ1) is 15.4. The molecule has 5 heteroatoms. The lowest BCUT2D eigenvalue weighted by Crippen LogP contribution is -2.25. The van der Waals surface area contributed by atoms with Crippen LogP contribution >= 0.6 is 11.3 Å². The molecule has 124 valence electrons. The summed E-state index contributed by atoms with van der Waals surface area (Å²) in [6.07, 6.45) is 6.77. The lowest BCUT2D eigenvalue weighted by Gasteiger charge is -2.08. The number of amides is 2. The maximum absolute atomic E-state index is 12.4. The topological polar surface area (TPSA) is 58.2 Å². The van der Waals surface area contributed by atoms with Crippen LogP contribution in [0, 0.1) is 0 Å². The molecule has 0 saturated heterocycles. The van der Waals surface area contributed by atoms with Crippen LogP contribution in [-0.2, 0) is 12.8 Å². The lowest BCUT2D eigenvalue weighted by atomic mass is 9.99. The fourth-order valence-corrected chi connectivity index (χ4v) is 4.15. The Morgan fingerprint density at radius 1 is 1.00 bits per heavy atom. The number of hydrogen-bond donors (Lipinski definition) is 2. The third-order valence-corrected chi connectivity index (χ3v) is 5.77. The standard InChI is InChI=1S/C19H20N2O2S/c22-18(20-15-9-10-15)12-5-7-14(8-6-12)21-19(23)17-11-13-3-1-2-4-16(13)24-17/h5-8,11,15H,1-4,9-10H2,(H,20,22)(H,21,23). The molecular weight excluding hydrogens is 320 g/mol. The third-order valence-electron chi connectivity index (χ3n) is 4.54. The van der Waals surface area contributed by atoms with Gasteiger partial charge in [-0.25, -0.2) is 0 Å². The highest BCUT2D eigenvalue weighted by Gasteiger charge is 2.23. The van der Waals surface area contributed by atoms with Crippen molar-refractivity contribution in [2.75, 3.05) is 5.32 Å². The minimum absolute atomic E-state index is 0.0405. The Hall–Kier alpha value is -2.14. The van der Waals surface area contributed by atoms with E-state index in [1.165, 1.54) is 23.3 Å². The highest BCUT2D eigenvalue weighted by Crippen LogP contribution is 2.30. The number of hydrogen-bond acceptors (Lipinski definition) is 3. The normalized spacial score (nSPS) is 16.3. The first-order valence-corrected chi connectivity index (χ1v) is 9.34. The van der Waals surface area contributed by atoms with Gasteiger partial charge in [-0.2, -0.15) is 0 Å². The van der Waals surface area contributed by atoms with E-state index in [1.807, 2.05) is 6.07 Å². The molecule has 24 heavy (non-hydrogen) atoms. The van der Waals surface area contributed by atoms with Crippen LogP contribution in [-0.4, -0.2) is 17.9 Å². The number of carbonyl (C=O) groups is 2. The molecule has 0 aliphatic heterocycles. The number of rotatable bonds is 4. The third kappa shape index (κ3) is 3.36. The van der Waals surface area contributed by atoms with Gasteiger partial charge in [-0.05, 0) is 74.4 Å². The van der Waals surface area contributed by atoms with Crippen molar-refractivity contribution in [1.82, 2.24) is 5.32 Å². The molecule has 0 bridgehead atoms. The summed E-state index contributed by atoms with van der Waals surface area (Å²) in [4.78, 5) is 26.5. The van der Waals surface area contributed by atoms with Gasteiger partial charge in [-0.15, -0.1) is 11.3 Å². The molecule has 1 saturated carbocycles. The van der Waals surface area contributed by atoms with Crippen molar-refractivity contribution < 1.29 is 9.59 Å². The first-order valence-electron chi connectivity index (χ1n) is 8.53. The molecule has 2 N–H and O–H groups in total. The van der Waals surface area contributed by atoms with Gasteiger partial charge >= 0.3 is 0 Å². The van der Waals surface area contributed by atoms with Gasteiger partial charge in [0.25, 0.3) is 11.8 Å². The zero-order valence-electron chi connectivity index (χ0n) is 13.4. The summed E-state index contributed by atoms with van der Waals surface area (Å²) >= 11 is 1.61. The summed E-state index contributed by atoms with van der Waals surface area (Å²) in [7, 11) is 0. The quantitative estimate of drug-likeness (QED) is 0.890. The van der Waals surface area contributed by atoms with Crippen LogP contribution in [0.25, 0.3) is 0 Å². The molecule has 1 aromatic heterocycles. The van der Waals surface area contributed by atoms with Crippen molar-refractivity contribution >= 4 is 28.8 Å². The van der Waals surface area contributed by atoms with Crippen molar-refractivity contribution in [3.63, 3.8) is 0 Å². The van der Waals surface area contributed by atoms with E-state index >= 15 is 0 Å². The Labute approximate surface area is 145 Å². The highest BCUT2D eigenvalue weighted by molar-refractivity contribution is 7.14. The van der Waals surface area contributed by atoms with E-state index in [9.17, 15) is 9.59 Å². The number of aryl methyl sites for hydroxylation is 2. The second-order valence-electron chi connectivity index (χ2n) is 6.55. The van der Waals surface area contributed by atoms with Crippen molar-refractivity contribution in [1.29, 1.82) is 0 Å². The predicted octanol–water partition coefficient (Wildman–Crippen LogP) is 3.77. The number of carbonyl (C=O) groups excluding carboxylic acids is 2. The molecule has 4 rings (SSSR count). The first-order chi connectivity index (χ1) is 11.7.